The lowest BCUT2D eigenvalue weighted by molar-refractivity contribution is 0.238. The van der Waals surface area contributed by atoms with E-state index in [2.05, 4.69) is 14.7 Å². The van der Waals surface area contributed by atoms with Crippen LogP contribution in [-0.2, 0) is 13.1 Å². The largest absolute Gasteiger partial charge is 0.507 e. The van der Waals surface area contributed by atoms with E-state index in [0.29, 0.717) is 24.2 Å². The fraction of sp³-hybridized carbons (Fsp3) is 0.522. The quantitative estimate of drug-likeness (QED) is 0.810. The molecule has 0 spiro atoms. The van der Waals surface area contributed by atoms with E-state index in [1.807, 2.05) is 0 Å². The van der Waals surface area contributed by atoms with Crippen LogP contribution >= 0.6 is 0 Å². The van der Waals surface area contributed by atoms with E-state index in [-0.39, 0.29) is 11.6 Å². The molecular weight excluding hydrogens is 385 g/mol. The van der Waals surface area contributed by atoms with Crippen molar-refractivity contribution in [1.29, 1.82) is 0 Å². The average molecular weight is 416 g/mol. The predicted molar refractivity (Wildman–Crippen MR) is 114 cm³/mol. The summed E-state index contributed by atoms with van der Waals surface area (Å²) >= 11 is 0. The van der Waals surface area contributed by atoms with Crippen LogP contribution in [0.3, 0.4) is 0 Å². The molecule has 162 valence electrons. The molecule has 2 aromatic rings. The smallest absolute Gasteiger partial charge is 0.343 e. The van der Waals surface area contributed by atoms with E-state index in [4.69, 9.17) is 4.42 Å². The van der Waals surface area contributed by atoms with Crippen LogP contribution in [0.4, 0.5) is 10.1 Å². The summed E-state index contributed by atoms with van der Waals surface area (Å²) in [6.45, 7) is 6.09. The van der Waals surface area contributed by atoms with Crippen LogP contribution in [0.15, 0.2) is 39.7 Å². The molecule has 30 heavy (non-hydrogen) atoms. The van der Waals surface area contributed by atoms with Gasteiger partial charge in [-0.1, -0.05) is 12.8 Å². The number of piperazine rings is 1. The van der Waals surface area contributed by atoms with Gasteiger partial charge in [0.2, 0.25) is 0 Å². The number of halogens is 1. The van der Waals surface area contributed by atoms with E-state index < -0.39 is 5.63 Å². The number of hydrogen-bond acceptors (Lipinski definition) is 6. The maximum Gasteiger partial charge on any atom is 0.343 e. The summed E-state index contributed by atoms with van der Waals surface area (Å²) < 4.78 is 18.4. The molecule has 7 heteroatoms. The molecule has 4 rings (SSSR count). The standard InChI is InChI=1S/C23H30FN3O3/c24-19-5-7-20(8-6-19)27-13-11-26(12-14-27)16-21-22(28)18(17-30-23(21)29)15-25-9-3-1-2-4-10-25/h5-8,17,28H,1-4,9-16H2. The van der Waals surface area contributed by atoms with Gasteiger partial charge in [-0.15, -0.1) is 0 Å². The van der Waals surface area contributed by atoms with Gasteiger partial charge in [-0.25, -0.2) is 9.18 Å². The Hall–Kier alpha value is -2.38. The summed E-state index contributed by atoms with van der Waals surface area (Å²) in [7, 11) is 0. The zero-order chi connectivity index (χ0) is 20.9. The first-order valence-electron chi connectivity index (χ1n) is 10.9. The average Bonchev–Trinajstić information content (AvgIpc) is 3.03. The number of aromatic hydroxyl groups is 1. The third-order valence-corrected chi connectivity index (χ3v) is 6.18. The predicted octanol–water partition coefficient (Wildman–Crippen LogP) is 3.18. The van der Waals surface area contributed by atoms with E-state index in [1.54, 1.807) is 12.1 Å². The van der Waals surface area contributed by atoms with Crippen molar-refractivity contribution in [3.63, 3.8) is 0 Å². The van der Waals surface area contributed by atoms with Gasteiger partial charge < -0.3 is 14.4 Å². The van der Waals surface area contributed by atoms with Crippen LogP contribution in [0, 0.1) is 5.82 Å². The van der Waals surface area contributed by atoms with Crippen molar-refractivity contribution in [2.24, 2.45) is 0 Å². The second-order valence-electron chi connectivity index (χ2n) is 8.31. The molecule has 0 saturated carbocycles. The Morgan fingerprint density at radius 2 is 1.50 bits per heavy atom. The second-order valence-corrected chi connectivity index (χ2v) is 8.31. The first-order valence-corrected chi connectivity index (χ1v) is 10.9. The van der Waals surface area contributed by atoms with Gasteiger partial charge in [-0.3, -0.25) is 9.80 Å². The fourth-order valence-electron chi connectivity index (χ4n) is 4.37. The van der Waals surface area contributed by atoms with E-state index >= 15 is 0 Å². The van der Waals surface area contributed by atoms with Crippen molar-refractivity contribution >= 4 is 5.69 Å². The Labute approximate surface area is 176 Å². The van der Waals surface area contributed by atoms with Crippen molar-refractivity contribution in [2.75, 3.05) is 44.2 Å². The highest BCUT2D eigenvalue weighted by Gasteiger charge is 2.22. The zero-order valence-corrected chi connectivity index (χ0v) is 17.4. The molecule has 0 aliphatic carbocycles. The Bertz CT molecular complexity index is 884. The summed E-state index contributed by atoms with van der Waals surface area (Å²) in [6, 6.07) is 6.52. The Morgan fingerprint density at radius 3 is 2.17 bits per heavy atom. The molecule has 2 aliphatic heterocycles. The first-order chi connectivity index (χ1) is 14.6. The maximum absolute atomic E-state index is 13.1. The van der Waals surface area contributed by atoms with Gasteiger partial charge >= 0.3 is 5.63 Å². The number of hydrogen-bond donors (Lipinski definition) is 1. The summed E-state index contributed by atoms with van der Waals surface area (Å²) in [5.41, 5.74) is 1.57. The number of nitrogens with zero attached hydrogens (tertiary/aromatic N) is 3. The third kappa shape index (κ3) is 5.02. The molecule has 0 atom stereocenters. The molecule has 0 unspecified atom stereocenters. The van der Waals surface area contributed by atoms with Gasteiger partial charge in [0.15, 0.2) is 0 Å². The summed E-state index contributed by atoms with van der Waals surface area (Å²) in [6.07, 6.45) is 6.26. The van der Waals surface area contributed by atoms with Crippen LogP contribution in [0.2, 0.25) is 0 Å². The van der Waals surface area contributed by atoms with Crippen molar-refractivity contribution in [2.45, 2.75) is 38.8 Å². The van der Waals surface area contributed by atoms with E-state index in [0.717, 1.165) is 45.0 Å². The van der Waals surface area contributed by atoms with Crippen LogP contribution in [-0.4, -0.2) is 54.2 Å². The van der Waals surface area contributed by atoms with Gasteiger partial charge in [-0.2, -0.15) is 0 Å². The minimum atomic E-state index is -0.465. The lowest BCUT2D eigenvalue weighted by Gasteiger charge is -2.36. The molecule has 0 amide bonds. The second kappa shape index (κ2) is 9.62. The Morgan fingerprint density at radius 1 is 0.867 bits per heavy atom. The number of rotatable bonds is 5. The van der Waals surface area contributed by atoms with Crippen molar-refractivity contribution in [3.8, 4) is 5.75 Å². The molecule has 0 radical (unpaired) electrons. The zero-order valence-electron chi connectivity index (χ0n) is 17.4. The molecule has 6 nitrogen and oxygen atoms in total. The molecule has 2 saturated heterocycles. The van der Waals surface area contributed by atoms with Crippen molar-refractivity contribution < 1.29 is 13.9 Å². The Kier molecular flexibility index (Phi) is 6.69. The van der Waals surface area contributed by atoms with Gasteiger partial charge in [0.1, 0.15) is 17.8 Å². The number of benzene rings is 1. The lowest BCUT2D eigenvalue weighted by atomic mass is 10.1. The molecule has 1 aromatic heterocycles. The first kappa shape index (κ1) is 20.9. The van der Waals surface area contributed by atoms with Gasteiger partial charge in [0, 0.05) is 50.5 Å². The third-order valence-electron chi connectivity index (χ3n) is 6.18. The van der Waals surface area contributed by atoms with Crippen molar-refractivity contribution in [3.05, 3.63) is 57.9 Å². The van der Waals surface area contributed by atoms with Crippen LogP contribution < -0.4 is 10.5 Å². The van der Waals surface area contributed by atoms with E-state index in [9.17, 15) is 14.3 Å². The molecule has 3 heterocycles. The van der Waals surface area contributed by atoms with Crippen LogP contribution in [0.5, 0.6) is 5.75 Å². The molecule has 1 N–H and O–H groups in total. The minimum absolute atomic E-state index is 0.0801. The van der Waals surface area contributed by atoms with Gasteiger partial charge in [0.05, 0.1) is 5.56 Å². The number of likely N-dealkylation sites (tertiary alicyclic amines) is 1. The van der Waals surface area contributed by atoms with Crippen LogP contribution in [0.1, 0.15) is 36.8 Å². The molecule has 0 bridgehead atoms. The summed E-state index contributed by atoms with van der Waals surface area (Å²) in [4.78, 5) is 19.0. The maximum atomic E-state index is 13.1. The fourth-order valence-corrected chi connectivity index (χ4v) is 4.37. The molecule has 2 aliphatic rings. The highest BCUT2D eigenvalue weighted by atomic mass is 19.1. The molecule has 2 fully saturated rings. The van der Waals surface area contributed by atoms with Crippen molar-refractivity contribution in [1.82, 2.24) is 9.80 Å². The summed E-state index contributed by atoms with van der Waals surface area (Å²) in [5.74, 6) is -0.156. The summed E-state index contributed by atoms with van der Waals surface area (Å²) in [5, 5.41) is 10.8. The minimum Gasteiger partial charge on any atom is -0.507 e. The molecule has 1 aromatic carbocycles. The monoisotopic (exact) mass is 415 g/mol. The molecular formula is C23H30FN3O3. The highest BCUT2D eigenvalue weighted by molar-refractivity contribution is 5.46. The number of anilines is 1. The normalized spacial score (nSPS) is 19.0. The van der Waals surface area contributed by atoms with Crippen LogP contribution in [0.25, 0.3) is 0 Å². The topological polar surface area (TPSA) is 60.2 Å². The highest BCUT2D eigenvalue weighted by Crippen LogP contribution is 2.25. The van der Waals surface area contributed by atoms with Gasteiger partial charge in [-0.05, 0) is 50.2 Å². The van der Waals surface area contributed by atoms with E-state index in [1.165, 1.54) is 44.1 Å². The lowest BCUT2D eigenvalue weighted by Crippen LogP contribution is -2.46. The SMILES string of the molecule is O=c1occ(CN2CCCCCC2)c(O)c1CN1CCN(c2ccc(F)cc2)CC1. The van der Waals surface area contributed by atoms with Gasteiger partial charge in [0.25, 0.3) is 0 Å². The Balaban J connectivity index is 1.39.